The molecule has 1 fully saturated rings. The van der Waals surface area contributed by atoms with Crippen LogP contribution >= 0.6 is 0 Å². The number of carbonyl (C=O) groups is 2. The van der Waals surface area contributed by atoms with E-state index in [0.717, 1.165) is 41.6 Å². The van der Waals surface area contributed by atoms with E-state index in [0.29, 0.717) is 52.1 Å². The largest absolute Gasteiger partial charge is 0.435 e. The van der Waals surface area contributed by atoms with Gasteiger partial charge in [-0.05, 0) is 91.5 Å². The highest BCUT2D eigenvalue weighted by Crippen LogP contribution is 2.40. The van der Waals surface area contributed by atoms with E-state index in [1.54, 1.807) is 46.4 Å². The molecule has 13 heteroatoms. The van der Waals surface area contributed by atoms with Crippen molar-refractivity contribution in [3.8, 4) is 11.1 Å². The Hall–Kier alpha value is -5.04. The van der Waals surface area contributed by atoms with E-state index in [-0.39, 0.29) is 30.0 Å². The second kappa shape index (κ2) is 12.2. The fourth-order valence-electron chi connectivity index (χ4n) is 6.83. The van der Waals surface area contributed by atoms with Crippen LogP contribution in [0.4, 0.5) is 19.0 Å². The smallest absolute Gasteiger partial charge is 0.348 e. The number of nitrogens with one attached hydrogen (secondary N) is 1. The minimum Gasteiger partial charge on any atom is -0.348 e. The molecule has 1 saturated heterocycles. The Labute approximate surface area is 275 Å². The van der Waals surface area contributed by atoms with Crippen LogP contribution in [0.3, 0.4) is 0 Å². The summed E-state index contributed by atoms with van der Waals surface area (Å²) in [5, 5.41) is 7.68. The summed E-state index contributed by atoms with van der Waals surface area (Å²) in [6.45, 7) is 4.21. The van der Waals surface area contributed by atoms with Crippen LogP contribution in [-0.2, 0) is 32.6 Å². The molecule has 0 bridgehead atoms. The minimum absolute atomic E-state index is 0.0366. The first-order chi connectivity index (χ1) is 23.0. The molecule has 0 radical (unpaired) electrons. The number of pyridine rings is 1. The van der Waals surface area contributed by atoms with Crippen molar-refractivity contribution in [1.29, 1.82) is 0 Å². The molecule has 0 spiro atoms. The standard InChI is InChI=1S/C35H35F3N8O2/c1-4-21-13-23-5-6-30(41-31(23)28(14-21)33(47)40-24-7-10-43(2)18-24)46-11-8-25-26(29-19-44(3)42-32(29)35(36,37)38)15-22(16-27(25)34(46)48)17-45-12-9-39-20-45/h5-6,9,12-16,19-20,24H,4,7-8,10-11,17-18H2,1-3H3,(H,40,47). The molecule has 1 unspecified atom stereocenters. The van der Waals surface area contributed by atoms with Crippen LogP contribution in [0.1, 0.15) is 56.4 Å². The fraction of sp³-hybridized carbons (Fsp3) is 0.343. The maximum Gasteiger partial charge on any atom is 0.435 e. The maximum absolute atomic E-state index is 14.3. The molecule has 2 aliphatic rings. The zero-order valence-electron chi connectivity index (χ0n) is 26.9. The van der Waals surface area contributed by atoms with E-state index in [1.807, 2.05) is 32.2 Å². The van der Waals surface area contributed by atoms with Crippen molar-refractivity contribution in [2.24, 2.45) is 7.05 Å². The van der Waals surface area contributed by atoms with Crippen molar-refractivity contribution in [2.75, 3.05) is 31.6 Å². The Morgan fingerprint density at radius 1 is 1.04 bits per heavy atom. The highest BCUT2D eigenvalue weighted by Gasteiger charge is 2.39. The number of carbonyl (C=O) groups excluding carboxylic acids is 2. The van der Waals surface area contributed by atoms with E-state index < -0.39 is 11.9 Å². The number of nitrogens with zero attached hydrogens (tertiary/aromatic N) is 7. The molecule has 0 saturated carbocycles. The molecule has 2 aliphatic heterocycles. The quantitative estimate of drug-likeness (QED) is 0.262. The number of fused-ring (bicyclic) bond motifs is 2. The van der Waals surface area contributed by atoms with Crippen LogP contribution in [0.5, 0.6) is 0 Å². The summed E-state index contributed by atoms with van der Waals surface area (Å²) in [5.41, 5.74) is 2.67. The lowest BCUT2D eigenvalue weighted by Gasteiger charge is -2.30. The fourth-order valence-corrected chi connectivity index (χ4v) is 6.83. The molecule has 248 valence electrons. The summed E-state index contributed by atoms with van der Waals surface area (Å²) >= 11 is 0. The first kappa shape index (κ1) is 31.6. The second-order valence-corrected chi connectivity index (χ2v) is 12.6. The van der Waals surface area contributed by atoms with Crippen LogP contribution in [0.25, 0.3) is 22.0 Å². The van der Waals surface area contributed by atoms with Gasteiger partial charge < -0.3 is 14.8 Å². The predicted molar refractivity (Wildman–Crippen MR) is 175 cm³/mol. The monoisotopic (exact) mass is 656 g/mol. The molecule has 3 aromatic heterocycles. The topological polar surface area (TPSA) is 101 Å². The Morgan fingerprint density at radius 3 is 2.56 bits per heavy atom. The van der Waals surface area contributed by atoms with Gasteiger partial charge in [0, 0.05) is 67.8 Å². The number of alkyl halides is 3. The third-order valence-electron chi connectivity index (χ3n) is 9.18. The van der Waals surface area contributed by atoms with E-state index in [4.69, 9.17) is 4.98 Å². The summed E-state index contributed by atoms with van der Waals surface area (Å²) in [5.74, 6) is -0.211. The molecule has 0 aliphatic carbocycles. The molecule has 7 rings (SSSR count). The van der Waals surface area contributed by atoms with Gasteiger partial charge in [0.25, 0.3) is 11.8 Å². The van der Waals surface area contributed by atoms with Gasteiger partial charge in [0.05, 0.1) is 17.4 Å². The average Bonchev–Trinajstić information content (AvgIpc) is 3.82. The minimum atomic E-state index is -4.68. The SMILES string of the molecule is CCc1cc(C(=O)NC2CCN(C)C2)c2nc(N3CCc4c(cc(Cn5ccnc5)cc4-c4cn(C)nc4C(F)(F)F)C3=O)ccc2c1. The van der Waals surface area contributed by atoms with Crippen molar-refractivity contribution in [3.63, 3.8) is 0 Å². The van der Waals surface area contributed by atoms with Crippen LogP contribution in [0, 0.1) is 0 Å². The molecule has 5 heterocycles. The molecule has 1 N–H and O–H groups in total. The normalized spacial score (nSPS) is 16.9. The van der Waals surface area contributed by atoms with Crippen LogP contribution < -0.4 is 10.2 Å². The summed E-state index contributed by atoms with van der Waals surface area (Å²) in [6, 6.07) is 11.0. The molecular weight excluding hydrogens is 621 g/mol. The maximum atomic E-state index is 14.3. The number of likely N-dealkylation sites (N-methyl/N-ethyl adjacent to an activating group) is 1. The number of benzene rings is 2. The number of amides is 2. The van der Waals surface area contributed by atoms with Gasteiger partial charge in [0.15, 0.2) is 5.69 Å². The number of rotatable bonds is 7. The van der Waals surface area contributed by atoms with Crippen molar-refractivity contribution in [3.05, 3.63) is 94.8 Å². The summed E-state index contributed by atoms with van der Waals surface area (Å²) in [4.78, 5) is 40.6. The van der Waals surface area contributed by atoms with Gasteiger partial charge in [0.1, 0.15) is 5.82 Å². The van der Waals surface area contributed by atoms with E-state index in [9.17, 15) is 22.8 Å². The number of aryl methyl sites for hydroxylation is 2. The summed E-state index contributed by atoms with van der Waals surface area (Å²) in [6.07, 6.45) is 3.54. The Morgan fingerprint density at radius 2 is 1.85 bits per heavy atom. The van der Waals surface area contributed by atoms with Gasteiger partial charge in [-0.25, -0.2) is 9.97 Å². The molecule has 10 nitrogen and oxygen atoms in total. The summed E-state index contributed by atoms with van der Waals surface area (Å²) in [7, 11) is 3.47. The number of hydrogen-bond acceptors (Lipinski definition) is 6. The molecule has 2 aromatic carbocycles. The first-order valence-electron chi connectivity index (χ1n) is 16.0. The van der Waals surface area contributed by atoms with Crippen molar-refractivity contribution >= 4 is 28.5 Å². The van der Waals surface area contributed by atoms with Gasteiger partial charge in [-0.1, -0.05) is 6.92 Å². The third kappa shape index (κ3) is 5.94. The zero-order valence-corrected chi connectivity index (χ0v) is 26.9. The lowest BCUT2D eigenvalue weighted by molar-refractivity contribution is -0.141. The van der Waals surface area contributed by atoms with Gasteiger partial charge in [-0.3, -0.25) is 19.2 Å². The Kier molecular flexibility index (Phi) is 8.02. The van der Waals surface area contributed by atoms with Crippen molar-refractivity contribution in [1.82, 2.24) is 34.5 Å². The first-order valence-corrected chi connectivity index (χ1v) is 16.0. The number of anilines is 1. The van der Waals surface area contributed by atoms with E-state index >= 15 is 0 Å². The van der Waals surface area contributed by atoms with Gasteiger partial charge in [-0.15, -0.1) is 0 Å². The lowest BCUT2D eigenvalue weighted by atomic mass is 9.88. The van der Waals surface area contributed by atoms with Crippen LogP contribution in [-0.4, -0.2) is 73.8 Å². The third-order valence-corrected chi connectivity index (χ3v) is 9.18. The number of aromatic nitrogens is 5. The molecule has 2 amide bonds. The Bertz CT molecular complexity index is 2040. The lowest BCUT2D eigenvalue weighted by Crippen LogP contribution is -2.39. The predicted octanol–water partition coefficient (Wildman–Crippen LogP) is 5.10. The van der Waals surface area contributed by atoms with Gasteiger partial charge >= 0.3 is 6.18 Å². The van der Waals surface area contributed by atoms with Gasteiger partial charge in [0.2, 0.25) is 0 Å². The van der Waals surface area contributed by atoms with E-state index in [1.165, 1.54) is 13.2 Å². The number of halogens is 3. The Balaban J connectivity index is 1.30. The number of likely N-dealkylation sites (tertiary alicyclic amines) is 1. The summed E-state index contributed by atoms with van der Waals surface area (Å²) < 4.78 is 45.3. The zero-order chi connectivity index (χ0) is 33.7. The average molecular weight is 657 g/mol. The second-order valence-electron chi connectivity index (χ2n) is 12.6. The number of imidazole rings is 1. The van der Waals surface area contributed by atoms with Gasteiger partial charge in [-0.2, -0.15) is 18.3 Å². The molecule has 48 heavy (non-hydrogen) atoms. The highest BCUT2D eigenvalue weighted by molar-refractivity contribution is 6.10. The molecular formula is C35H35F3N8O2. The van der Waals surface area contributed by atoms with Crippen molar-refractivity contribution in [2.45, 2.75) is 44.9 Å². The van der Waals surface area contributed by atoms with Crippen LogP contribution in [0.15, 0.2) is 61.3 Å². The molecule has 5 aromatic rings. The van der Waals surface area contributed by atoms with Crippen LogP contribution in [0.2, 0.25) is 0 Å². The highest BCUT2D eigenvalue weighted by atomic mass is 19.4. The van der Waals surface area contributed by atoms with E-state index in [2.05, 4.69) is 20.3 Å². The molecule has 1 atom stereocenters. The van der Waals surface area contributed by atoms with Crippen molar-refractivity contribution < 1.29 is 22.8 Å². The number of hydrogen-bond donors (Lipinski definition) is 1.